The quantitative estimate of drug-likeness (QED) is 0.719. The van der Waals surface area contributed by atoms with Crippen LogP contribution in [0.4, 0.5) is 11.4 Å². The van der Waals surface area contributed by atoms with Crippen molar-refractivity contribution >= 4 is 17.3 Å². The molecule has 8 heteroatoms. The highest BCUT2D eigenvalue weighted by Gasteiger charge is 2.13. The van der Waals surface area contributed by atoms with Gasteiger partial charge in [-0.2, -0.15) is 0 Å². The number of morpholine rings is 1. The highest BCUT2D eigenvalue weighted by Crippen LogP contribution is 2.29. The number of amides is 1. The first-order valence-corrected chi connectivity index (χ1v) is 9.23. The number of hydrogen-bond acceptors (Lipinski definition) is 7. The fraction of sp³-hybridized carbons (Fsp3) is 0.400. The van der Waals surface area contributed by atoms with E-state index in [0.29, 0.717) is 22.9 Å². The van der Waals surface area contributed by atoms with Crippen LogP contribution in [-0.2, 0) is 4.74 Å². The van der Waals surface area contributed by atoms with Crippen LogP contribution in [0.1, 0.15) is 10.5 Å². The number of hydrogen-bond donors (Lipinski definition) is 2. The number of nitrogens with one attached hydrogen (secondary N) is 2. The second-order valence-electron chi connectivity index (χ2n) is 6.33. The zero-order chi connectivity index (χ0) is 19.8. The Kier molecular flexibility index (Phi) is 7.05. The van der Waals surface area contributed by atoms with Gasteiger partial charge in [-0.25, -0.2) is 0 Å². The van der Waals surface area contributed by atoms with Crippen molar-refractivity contribution in [2.45, 2.75) is 0 Å². The van der Waals surface area contributed by atoms with Gasteiger partial charge in [0.15, 0.2) is 0 Å². The molecular weight excluding hydrogens is 360 g/mol. The molecular formula is C20H26N4O4. The maximum absolute atomic E-state index is 12.6. The van der Waals surface area contributed by atoms with Crippen LogP contribution >= 0.6 is 0 Å². The Bertz CT molecular complexity index is 794. The monoisotopic (exact) mass is 386 g/mol. The predicted octanol–water partition coefficient (Wildman–Crippen LogP) is 2.10. The molecule has 150 valence electrons. The SMILES string of the molecule is COc1ccc(OC)c(NC(=O)c2cc(NCCN3CCOCC3)ccn2)c1. The summed E-state index contributed by atoms with van der Waals surface area (Å²) in [5, 5.41) is 6.18. The summed E-state index contributed by atoms with van der Waals surface area (Å²) in [5.41, 5.74) is 1.70. The summed E-state index contributed by atoms with van der Waals surface area (Å²) < 4.78 is 15.9. The van der Waals surface area contributed by atoms with Crippen molar-refractivity contribution in [3.05, 3.63) is 42.2 Å². The summed E-state index contributed by atoms with van der Waals surface area (Å²) in [6.07, 6.45) is 1.62. The van der Waals surface area contributed by atoms with Crippen molar-refractivity contribution in [3.8, 4) is 11.5 Å². The van der Waals surface area contributed by atoms with Crippen LogP contribution in [0.3, 0.4) is 0 Å². The second-order valence-corrected chi connectivity index (χ2v) is 6.33. The van der Waals surface area contributed by atoms with E-state index in [4.69, 9.17) is 14.2 Å². The van der Waals surface area contributed by atoms with E-state index in [1.165, 1.54) is 0 Å². The highest BCUT2D eigenvalue weighted by atomic mass is 16.5. The van der Waals surface area contributed by atoms with Gasteiger partial charge >= 0.3 is 0 Å². The van der Waals surface area contributed by atoms with Crippen molar-refractivity contribution in [3.63, 3.8) is 0 Å². The van der Waals surface area contributed by atoms with Crippen LogP contribution in [-0.4, -0.2) is 69.4 Å². The van der Waals surface area contributed by atoms with Crippen LogP contribution in [0.2, 0.25) is 0 Å². The molecule has 2 N–H and O–H groups in total. The van der Waals surface area contributed by atoms with Gasteiger partial charge in [0.2, 0.25) is 0 Å². The van der Waals surface area contributed by atoms with E-state index in [9.17, 15) is 4.79 Å². The van der Waals surface area contributed by atoms with Crippen LogP contribution in [0.25, 0.3) is 0 Å². The average Bonchev–Trinajstić information content (AvgIpc) is 2.74. The Morgan fingerprint density at radius 2 is 2.00 bits per heavy atom. The number of pyridine rings is 1. The van der Waals surface area contributed by atoms with Gasteiger partial charge in [-0.1, -0.05) is 0 Å². The summed E-state index contributed by atoms with van der Waals surface area (Å²) >= 11 is 0. The maximum atomic E-state index is 12.6. The molecule has 28 heavy (non-hydrogen) atoms. The molecule has 1 aliphatic rings. The van der Waals surface area contributed by atoms with Gasteiger partial charge in [-0.15, -0.1) is 0 Å². The van der Waals surface area contributed by atoms with Crippen molar-refractivity contribution in [1.29, 1.82) is 0 Å². The fourth-order valence-corrected chi connectivity index (χ4v) is 2.95. The molecule has 0 saturated carbocycles. The lowest BCUT2D eigenvalue weighted by Crippen LogP contribution is -2.39. The first-order chi connectivity index (χ1) is 13.7. The summed E-state index contributed by atoms with van der Waals surface area (Å²) in [6.45, 7) is 5.19. The molecule has 1 fully saturated rings. The predicted molar refractivity (Wildman–Crippen MR) is 107 cm³/mol. The number of aromatic nitrogens is 1. The molecule has 3 rings (SSSR count). The van der Waals surface area contributed by atoms with Crippen LogP contribution in [0.15, 0.2) is 36.5 Å². The third-order valence-electron chi connectivity index (χ3n) is 4.51. The second kappa shape index (κ2) is 9.91. The zero-order valence-electron chi connectivity index (χ0n) is 16.2. The highest BCUT2D eigenvalue weighted by molar-refractivity contribution is 6.04. The van der Waals surface area contributed by atoms with Gasteiger partial charge in [-0.3, -0.25) is 14.7 Å². The molecule has 0 spiro atoms. The van der Waals surface area contributed by atoms with E-state index in [1.54, 1.807) is 44.7 Å². The molecule has 0 atom stereocenters. The first kappa shape index (κ1) is 19.9. The van der Waals surface area contributed by atoms with Gasteiger partial charge < -0.3 is 24.8 Å². The van der Waals surface area contributed by atoms with Gasteiger partial charge in [0.05, 0.1) is 33.1 Å². The minimum Gasteiger partial charge on any atom is -0.497 e. The molecule has 0 aliphatic carbocycles. The van der Waals surface area contributed by atoms with Crippen molar-refractivity contribution < 1.29 is 19.0 Å². The molecule has 1 aromatic heterocycles. The number of anilines is 2. The molecule has 1 aromatic carbocycles. The number of benzene rings is 1. The average molecular weight is 386 g/mol. The molecule has 1 amide bonds. The van der Waals surface area contributed by atoms with Crippen molar-refractivity contribution in [2.24, 2.45) is 0 Å². The Labute approximate surface area is 164 Å². The van der Waals surface area contributed by atoms with Crippen LogP contribution < -0.4 is 20.1 Å². The fourth-order valence-electron chi connectivity index (χ4n) is 2.95. The lowest BCUT2D eigenvalue weighted by atomic mass is 10.2. The van der Waals surface area contributed by atoms with E-state index in [1.807, 2.05) is 6.07 Å². The summed E-state index contributed by atoms with van der Waals surface area (Å²) in [5.74, 6) is 0.861. The first-order valence-electron chi connectivity index (χ1n) is 9.23. The van der Waals surface area contributed by atoms with Crippen molar-refractivity contribution in [2.75, 3.05) is 64.2 Å². The Morgan fingerprint density at radius 3 is 2.75 bits per heavy atom. The number of nitrogens with zero attached hydrogens (tertiary/aromatic N) is 2. The van der Waals surface area contributed by atoms with Crippen molar-refractivity contribution in [1.82, 2.24) is 9.88 Å². The molecule has 0 radical (unpaired) electrons. The van der Waals surface area contributed by atoms with E-state index in [2.05, 4.69) is 20.5 Å². The summed E-state index contributed by atoms with van der Waals surface area (Å²) in [4.78, 5) is 19.2. The van der Waals surface area contributed by atoms with Crippen LogP contribution in [0, 0.1) is 0 Å². The van der Waals surface area contributed by atoms with Gasteiger partial charge in [0.1, 0.15) is 17.2 Å². The normalized spacial score (nSPS) is 14.4. The Balaban J connectivity index is 1.60. The summed E-state index contributed by atoms with van der Waals surface area (Å²) in [7, 11) is 3.12. The molecule has 2 heterocycles. The minimum absolute atomic E-state index is 0.316. The van der Waals surface area contributed by atoms with Gasteiger partial charge in [0.25, 0.3) is 5.91 Å². The smallest absolute Gasteiger partial charge is 0.274 e. The lowest BCUT2D eigenvalue weighted by Gasteiger charge is -2.26. The largest absolute Gasteiger partial charge is 0.497 e. The number of methoxy groups -OCH3 is 2. The zero-order valence-corrected chi connectivity index (χ0v) is 16.2. The number of ether oxygens (including phenoxy) is 3. The van der Waals surface area contributed by atoms with Gasteiger partial charge in [-0.05, 0) is 24.3 Å². The Hall–Kier alpha value is -2.84. The molecule has 1 aliphatic heterocycles. The minimum atomic E-state index is -0.316. The van der Waals surface area contributed by atoms with E-state index in [0.717, 1.165) is 45.1 Å². The maximum Gasteiger partial charge on any atom is 0.274 e. The number of rotatable bonds is 8. The topological polar surface area (TPSA) is 85.0 Å². The number of carbonyl (C=O) groups excluding carboxylic acids is 1. The van der Waals surface area contributed by atoms with Crippen LogP contribution in [0.5, 0.6) is 11.5 Å². The number of carbonyl (C=O) groups is 1. The molecule has 0 unspecified atom stereocenters. The lowest BCUT2D eigenvalue weighted by molar-refractivity contribution is 0.0398. The summed E-state index contributed by atoms with van der Waals surface area (Å²) in [6, 6.07) is 8.81. The standard InChI is InChI=1S/C20H26N4O4/c1-26-16-3-4-19(27-2)17(14-16)23-20(25)18-13-15(5-6-22-18)21-7-8-24-9-11-28-12-10-24/h3-6,13-14H,7-12H2,1-2H3,(H,21,22)(H,23,25). The van der Waals surface area contributed by atoms with E-state index < -0.39 is 0 Å². The Morgan fingerprint density at radius 1 is 1.18 bits per heavy atom. The molecule has 2 aromatic rings. The molecule has 0 bridgehead atoms. The van der Waals surface area contributed by atoms with E-state index in [-0.39, 0.29) is 5.91 Å². The van der Waals surface area contributed by atoms with E-state index >= 15 is 0 Å². The third kappa shape index (κ3) is 5.34. The third-order valence-corrected chi connectivity index (χ3v) is 4.51. The molecule has 8 nitrogen and oxygen atoms in total. The molecule has 1 saturated heterocycles. The van der Waals surface area contributed by atoms with Gasteiger partial charge in [0, 0.05) is 44.1 Å².